The van der Waals surface area contributed by atoms with Gasteiger partial charge in [0.05, 0.1) is 6.61 Å². The Labute approximate surface area is 181 Å². The van der Waals surface area contributed by atoms with E-state index in [1.807, 2.05) is 25.7 Å². The molecule has 30 heavy (non-hydrogen) atoms. The van der Waals surface area contributed by atoms with Crippen molar-refractivity contribution in [2.75, 3.05) is 52.5 Å². The normalized spacial score (nSPS) is 25.2. The fraction of sp³-hybridized carbons (Fsp3) is 0.913. The predicted octanol–water partition coefficient (Wildman–Crippen LogP) is 3.03. The number of hydrogen-bond donors (Lipinski definition) is 1. The van der Waals surface area contributed by atoms with E-state index in [1.165, 1.54) is 6.42 Å². The molecule has 1 N–H and O–H groups in total. The molecular weight excluding hydrogens is 382 g/mol. The summed E-state index contributed by atoms with van der Waals surface area (Å²) in [5.41, 5.74) is -0.644. The number of ether oxygens (including phenoxy) is 2. The number of carbonyl (C=O) groups excluding carboxylic acids is 2. The van der Waals surface area contributed by atoms with Crippen molar-refractivity contribution in [1.29, 1.82) is 0 Å². The highest BCUT2D eigenvalue weighted by Crippen LogP contribution is 2.39. The summed E-state index contributed by atoms with van der Waals surface area (Å²) in [4.78, 5) is 29.8. The molecule has 7 nitrogen and oxygen atoms in total. The third kappa shape index (κ3) is 7.12. The summed E-state index contributed by atoms with van der Waals surface area (Å²) in [5, 5.41) is 2.95. The average Bonchev–Trinajstić information content (AvgIpc) is 3.19. The Morgan fingerprint density at radius 2 is 1.80 bits per heavy atom. The zero-order valence-corrected chi connectivity index (χ0v) is 19.2. The molecule has 1 atom stereocenters. The van der Waals surface area contributed by atoms with Crippen molar-refractivity contribution in [3.8, 4) is 0 Å². The Morgan fingerprint density at radius 3 is 2.40 bits per heavy atom. The Hall–Kier alpha value is -1.34. The van der Waals surface area contributed by atoms with Crippen molar-refractivity contribution < 1.29 is 19.1 Å². The van der Waals surface area contributed by atoms with Crippen molar-refractivity contribution >= 4 is 12.0 Å². The van der Waals surface area contributed by atoms with Crippen LogP contribution in [0.5, 0.6) is 0 Å². The van der Waals surface area contributed by atoms with Crippen molar-refractivity contribution in [1.82, 2.24) is 15.1 Å². The molecule has 3 rings (SSSR count). The Bertz CT molecular complexity index is 569. The molecule has 0 bridgehead atoms. The minimum absolute atomic E-state index is 0.134. The highest BCUT2D eigenvalue weighted by Gasteiger charge is 2.37. The van der Waals surface area contributed by atoms with E-state index < -0.39 is 5.60 Å². The summed E-state index contributed by atoms with van der Waals surface area (Å²) in [5.74, 6) is 0.892. The lowest BCUT2D eigenvalue weighted by Gasteiger charge is -2.40. The van der Waals surface area contributed by atoms with Crippen LogP contribution in [0.15, 0.2) is 0 Å². The number of carbonyl (C=O) groups is 2. The van der Waals surface area contributed by atoms with Crippen LogP contribution in [0.4, 0.5) is 4.79 Å². The fourth-order valence-electron chi connectivity index (χ4n) is 5.00. The molecule has 1 saturated carbocycles. The molecular formula is C23H41N3O4. The van der Waals surface area contributed by atoms with Gasteiger partial charge >= 0.3 is 6.09 Å². The number of hydrogen-bond acceptors (Lipinski definition) is 5. The Morgan fingerprint density at radius 1 is 1.10 bits per heavy atom. The van der Waals surface area contributed by atoms with Gasteiger partial charge in [0, 0.05) is 52.3 Å². The second-order valence-corrected chi connectivity index (χ2v) is 10.5. The summed E-state index contributed by atoms with van der Waals surface area (Å²) < 4.78 is 10.9. The molecule has 172 valence electrons. The molecule has 2 saturated heterocycles. The largest absolute Gasteiger partial charge is 0.444 e. The van der Waals surface area contributed by atoms with Crippen molar-refractivity contribution in [2.24, 2.45) is 11.3 Å². The van der Waals surface area contributed by atoms with Crippen LogP contribution in [-0.2, 0) is 14.3 Å². The molecule has 3 aliphatic rings. The molecule has 1 aliphatic carbocycles. The van der Waals surface area contributed by atoms with E-state index in [9.17, 15) is 9.59 Å². The van der Waals surface area contributed by atoms with Gasteiger partial charge in [0.1, 0.15) is 5.60 Å². The van der Waals surface area contributed by atoms with Gasteiger partial charge in [-0.1, -0.05) is 19.3 Å². The zero-order valence-electron chi connectivity index (χ0n) is 19.2. The lowest BCUT2D eigenvalue weighted by Crippen LogP contribution is -2.51. The first-order chi connectivity index (χ1) is 14.2. The topological polar surface area (TPSA) is 71.1 Å². The smallest absolute Gasteiger partial charge is 0.407 e. The minimum atomic E-state index is -0.510. The maximum absolute atomic E-state index is 13.1. The monoisotopic (exact) mass is 423 g/mol. The number of amides is 2. The summed E-state index contributed by atoms with van der Waals surface area (Å²) in [6.45, 7) is 12.5. The molecule has 0 aromatic carbocycles. The molecule has 0 radical (unpaired) electrons. The molecule has 2 amide bonds. The molecule has 0 aromatic rings. The Balaban J connectivity index is 1.48. The van der Waals surface area contributed by atoms with Crippen LogP contribution in [0.1, 0.15) is 65.7 Å². The van der Waals surface area contributed by atoms with E-state index in [-0.39, 0.29) is 17.4 Å². The van der Waals surface area contributed by atoms with Crippen molar-refractivity contribution in [3.63, 3.8) is 0 Å². The van der Waals surface area contributed by atoms with Gasteiger partial charge in [-0.15, -0.1) is 0 Å². The summed E-state index contributed by atoms with van der Waals surface area (Å²) in [6, 6.07) is 0. The maximum Gasteiger partial charge on any atom is 0.407 e. The van der Waals surface area contributed by atoms with Crippen LogP contribution >= 0.6 is 0 Å². The summed E-state index contributed by atoms with van der Waals surface area (Å²) >= 11 is 0. The molecule has 2 heterocycles. The number of rotatable bonds is 6. The van der Waals surface area contributed by atoms with E-state index >= 15 is 0 Å². The van der Waals surface area contributed by atoms with Gasteiger partial charge in [0.25, 0.3) is 0 Å². The molecule has 7 heteroatoms. The highest BCUT2D eigenvalue weighted by molar-refractivity contribution is 5.77. The number of piperazine rings is 1. The number of nitrogens with zero attached hydrogens (tertiary/aromatic N) is 2. The summed E-state index contributed by atoms with van der Waals surface area (Å²) in [7, 11) is 0. The van der Waals surface area contributed by atoms with Crippen LogP contribution in [0.3, 0.4) is 0 Å². The number of nitrogens with one attached hydrogen (secondary N) is 1. The van der Waals surface area contributed by atoms with E-state index in [2.05, 4.69) is 10.2 Å². The SMILES string of the molecule is CC(C)(C)OC(=O)NCC1(CC(=O)N2CCN(C[C@@H]3CCOC3)CC2)CCCCC1. The minimum Gasteiger partial charge on any atom is -0.444 e. The first-order valence-electron chi connectivity index (χ1n) is 11.8. The molecule has 0 unspecified atom stereocenters. The van der Waals surface area contributed by atoms with Crippen LogP contribution in [-0.4, -0.2) is 79.9 Å². The van der Waals surface area contributed by atoms with E-state index in [0.29, 0.717) is 18.9 Å². The number of alkyl carbamates (subject to hydrolysis) is 1. The van der Waals surface area contributed by atoms with Gasteiger partial charge < -0.3 is 19.7 Å². The molecule has 0 spiro atoms. The van der Waals surface area contributed by atoms with E-state index in [1.54, 1.807) is 0 Å². The third-order valence-electron chi connectivity index (χ3n) is 6.71. The zero-order chi connectivity index (χ0) is 21.6. The van der Waals surface area contributed by atoms with Crippen molar-refractivity contribution in [2.45, 2.75) is 71.3 Å². The lowest BCUT2D eigenvalue weighted by molar-refractivity contribution is -0.136. The highest BCUT2D eigenvalue weighted by atomic mass is 16.6. The molecule has 2 aliphatic heterocycles. The maximum atomic E-state index is 13.1. The van der Waals surface area contributed by atoms with Gasteiger partial charge in [-0.2, -0.15) is 0 Å². The van der Waals surface area contributed by atoms with Crippen molar-refractivity contribution in [3.05, 3.63) is 0 Å². The van der Waals surface area contributed by atoms with Crippen LogP contribution in [0, 0.1) is 11.3 Å². The predicted molar refractivity (Wildman–Crippen MR) is 116 cm³/mol. The quantitative estimate of drug-likeness (QED) is 0.711. The summed E-state index contributed by atoms with van der Waals surface area (Å²) in [6.07, 6.45) is 6.76. The van der Waals surface area contributed by atoms with Gasteiger partial charge in [-0.25, -0.2) is 4.79 Å². The third-order valence-corrected chi connectivity index (χ3v) is 6.71. The second kappa shape index (κ2) is 10.3. The average molecular weight is 424 g/mol. The second-order valence-electron chi connectivity index (χ2n) is 10.5. The standard InChI is InChI=1S/C23H41N3O4/c1-22(2,3)30-21(28)24-18-23(8-5-4-6-9-23)15-20(27)26-12-10-25(11-13-26)16-19-7-14-29-17-19/h19H,4-18H2,1-3H3,(H,24,28)/t19-/m0/s1. The van der Waals surface area contributed by atoms with E-state index in [0.717, 1.165) is 78.0 Å². The van der Waals surface area contributed by atoms with Gasteiger partial charge in [-0.3, -0.25) is 9.69 Å². The van der Waals surface area contributed by atoms with Crippen LogP contribution in [0.25, 0.3) is 0 Å². The van der Waals surface area contributed by atoms with E-state index in [4.69, 9.17) is 9.47 Å². The Kier molecular flexibility index (Phi) is 8.02. The molecule has 0 aromatic heterocycles. The van der Waals surface area contributed by atoms with Crippen LogP contribution < -0.4 is 5.32 Å². The van der Waals surface area contributed by atoms with Crippen LogP contribution in [0.2, 0.25) is 0 Å². The van der Waals surface area contributed by atoms with Gasteiger partial charge in [0.15, 0.2) is 0 Å². The van der Waals surface area contributed by atoms with Gasteiger partial charge in [-0.05, 0) is 51.4 Å². The molecule has 3 fully saturated rings. The lowest BCUT2D eigenvalue weighted by atomic mass is 9.71. The fourth-order valence-corrected chi connectivity index (χ4v) is 5.00. The first kappa shape index (κ1) is 23.3. The first-order valence-corrected chi connectivity index (χ1v) is 11.8. The van der Waals surface area contributed by atoms with Gasteiger partial charge in [0.2, 0.25) is 5.91 Å².